The Morgan fingerprint density at radius 2 is 2.22 bits per heavy atom. The Morgan fingerprint density at radius 1 is 1.56 bits per heavy atom. The van der Waals surface area contributed by atoms with Crippen LogP contribution in [0.25, 0.3) is 0 Å². The summed E-state index contributed by atoms with van der Waals surface area (Å²) < 4.78 is 36.3. The van der Waals surface area contributed by atoms with Crippen LogP contribution in [0.3, 0.4) is 0 Å². The van der Waals surface area contributed by atoms with Crippen molar-refractivity contribution in [1.82, 2.24) is 14.9 Å². The van der Waals surface area contributed by atoms with Crippen LogP contribution in [0.5, 0.6) is 0 Å². The van der Waals surface area contributed by atoms with Crippen LogP contribution in [0.1, 0.15) is 6.42 Å². The predicted molar refractivity (Wildman–Crippen MR) is 52.6 cm³/mol. The van der Waals surface area contributed by atoms with Crippen molar-refractivity contribution in [3.05, 3.63) is 22.5 Å². The van der Waals surface area contributed by atoms with Crippen LogP contribution in [-0.2, 0) is 11.3 Å². The smallest absolute Gasteiger partial charge is 0.390 e. The lowest BCUT2D eigenvalue weighted by atomic mass is 10.4. The summed E-state index contributed by atoms with van der Waals surface area (Å²) in [6, 6.07) is 0. The second-order valence-corrected chi connectivity index (χ2v) is 3.33. The van der Waals surface area contributed by atoms with E-state index in [9.17, 15) is 28.1 Å². The van der Waals surface area contributed by atoms with Crippen LogP contribution < -0.4 is 5.32 Å². The topological polar surface area (TPSA) is 90.1 Å². The first-order valence-electron chi connectivity index (χ1n) is 4.78. The van der Waals surface area contributed by atoms with Gasteiger partial charge >= 0.3 is 12.1 Å². The molecule has 1 aromatic heterocycles. The number of carbonyl (C=O) groups excluding carboxylic acids is 1. The number of rotatable bonds is 5. The first kappa shape index (κ1) is 13.9. The fraction of sp³-hybridized carbons (Fsp3) is 0.500. The van der Waals surface area contributed by atoms with Crippen LogP contribution in [-0.4, -0.2) is 33.1 Å². The molecule has 0 aliphatic heterocycles. The molecule has 1 rings (SSSR count). The van der Waals surface area contributed by atoms with E-state index in [2.05, 4.69) is 4.98 Å². The number of amides is 1. The van der Waals surface area contributed by atoms with E-state index in [1.54, 1.807) is 0 Å². The molecule has 1 amide bonds. The summed E-state index contributed by atoms with van der Waals surface area (Å²) in [6.45, 7) is -1.01. The van der Waals surface area contributed by atoms with E-state index in [1.807, 2.05) is 5.32 Å². The largest absolute Gasteiger partial charge is 0.435 e. The molecular weight excluding hydrogens is 256 g/mol. The number of carbonyl (C=O) groups is 1. The van der Waals surface area contributed by atoms with E-state index in [1.165, 1.54) is 6.20 Å². The number of nitrogens with zero attached hydrogens (tertiary/aromatic N) is 3. The Kier molecular flexibility index (Phi) is 4.23. The third kappa shape index (κ3) is 4.39. The first-order valence-corrected chi connectivity index (χ1v) is 4.78. The number of hydrogen-bond donors (Lipinski definition) is 1. The van der Waals surface area contributed by atoms with Gasteiger partial charge in [-0.25, -0.2) is 4.57 Å². The average Bonchev–Trinajstić information content (AvgIpc) is 2.63. The molecule has 0 aliphatic rings. The Morgan fingerprint density at radius 3 is 2.78 bits per heavy atom. The maximum Gasteiger partial charge on any atom is 0.435 e. The van der Waals surface area contributed by atoms with Gasteiger partial charge in [0.25, 0.3) is 5.91 Å². The summed E-state index contributed by atoms with van der Waals surface area (Å²) >= 11 is 0. The summed E-state index contributed by atoms with van der Waals surface area (Å²) in [5, 5.41) is 12.5. The molecule has 1 heterocycles. The maximum atomic E-state index is 11.8. The Bertz CT molecular complexity index is 443. The average molecular weight is 265 g/mol. The van der Waals surface area contributed by atoms with Gasteiger partial charge < -0.3 is 15.4 Å². The molecule has 100 valence electrons. The van der Waals surface area contributed by atoms with Crippen molar-refractivity contribution in [2.75, 3.05) is 6.54 Å². The van der Waals surface area contributed by atoms with Crippen molar-refractivity contribution in [2.45, 2.75) is 19.1 Å². The molecule has 0 saturated heterocycles. The van der Waals surface area contributed by atoms with Crippen molar-refractivity contribution in [1.29, 1.82) is 0 Å². The molecule has 18 heavy (non-hydrogen) atoms. The van der Waals surface area contributed by atoms with Gasteiger partial charge in [-0.15, -0.1) is 0 Å². The summed E-state index contributed by atoms with van der Waals surface area (Å²) in [4.78, 5) is 24.3. The minimum absolute atomic E-state index is 0.450. The normalized spacial score (nSPS) is 11.3. The number of nitrogens with one attached hydrogen (secondary N) is 1. The van der Waals surface area contributed by atoms with Gasteiger partial charge in [0.15, 0.2) is 6.54 Å². The van der Waals surface area contributed by atoms with Crippen molar-refractivity contribution in [3.63, 3.8) is 0 Å². The number of imidazole rings is 1. The number of hydrogen-bond acceptors (Lipinski definition) is 4. The van der Waals surface area contributed by atoms with Gasteiger partial charge in [0.1, 0.15) is 12.4 Å². The Balaban J connectivity index is 2.45. The zero-order valence-electron chi connectivity index (χ0n) is 8.98. The summed E-state index contributed by atoms with van der Waals surface area (Å²) in [6.07, 6.45) is -3.18. The zero-order chi connectivity index (χ0) is 13.8. The fourth-order valence-electron chi connectivity index (χ4n) is 1.15. The van der Waals surface area contributed by atoms with Gasteiger partial charge in [0, 0.05) is 6.54 Å². The molecule has 10 heteroatoms. The number of aromatic nitrogens is 2. The van der Waals surface area contributed by atoms with Crippen molar-refractivity contribution in [3.8, 4) is 0 Å². The Hall–Kier alpha value is -2.13. The zero-order valence-corrected chi connectivity index (χ0v) is 8.98. The highest BCUT2D eigenvalue weighted by Crippen LogP contribution is 2.18. The summed E-state index contributed by atoms with van der Waals surface area (Å²) in [7, 11) is 0. The number of alkyl halides is 3. The molecule has 0 bridgehead atoms. The SMILES string of the molecule is O=C(Cn1ccnc1[N+](=O)[O-])NCCC(F)(F)[18F]. The van der Waals surface area contributed by atoms with E-state index in [0.29, 0.717) is 0 Å². The second kappa shape index (κ2) is 5.47. The lowest BCUT2D eigenvalue weighted by Gasteiger charge is -2.07. The highest BCUT2D eigenvalue weighted by Gasteiger charge is 2.26. The number of halogens is 3. The van der Waals surface area contributed by atoms with E-state index in [-0.39, 0.29) is 0 Å². The van der Waals surface area contributed by atoms with Crippen molar-refractivity contribution >= 4 is 11.9 Å². The van der Waals surface area contributed by atoms with Gasteiger partial charge in [-0.1, -0.05) is 4.98 Å². The van der Waals surface area contributed by atoms with Gasteiger partial charge in [-0.05, 0) is 4.92 Å². The van der Waals surface area contributed by atoms with Crippen LogP contribution >= 0.6 is 0 Å². The predicted octanol–water partition coefficient (Wildman–Crippen LogP) is 0.860. The molecule has 0 fully saturated rings. The van der Waals surface area contributed by atoms with Crippen LogP contribution in [0, 0.1) is 10.1 Å². The van der Waals surface area contributed by atoms with Crippen molar-refractivity contribution < 1.29 is 22.9 Å². The summed E-state index contributed by atoms with van der Waals surface area (Å²) in [5.41, 5.74) is 0. The molecule has 0 unspecified atom stereocenters. The first-order chi connectivity index (χ1) is 8.29. The van der Waals surface area contributed by atoms with Gasteiger partial charge in [-0.3, -0.25) is 4.79 Å². The maximum absolute atomic E-state index is 11.8. The van der Waals surface area contributed by atoms with E-state index in [4.69, 9.17) is 0 Å². The van der Waals surface area contributed by atoms with Crippen molar-refractivity contribution in [2.24, 2.45) is 0 Å². The number of nitro groups is 1. The minimum Gasteiger partial charge on any atom is -0.390 e. The lowest BCUT2D eigenvalue weighted by molar-refractivity contribution is -0.396. The van der Waals surface area contributed by atoms with Crippen LogP contribution in [0.15, 0.2) is 12.4 Å². The van der Waals surface area contributed by atoms with Gasteiger partial charge in [-0.2, -0.15) is 13.2 Å². The molecule has 0 aliphatic carbocycles. The fourth-order valence-corrected chi connectivity index (χ4v) is 1.15. The molecule has 1 aromatic rings. The Labute approximate surface area is 98.8 Å². The molecule has 0 aromatic carbocycles. The molecular formula is C8H9F3N4O3. The van der Waals surface area contributed by atoms with E-state index in [0.717, 1.165) is 10.8 Å². The third-order valence-electron chi connectivity index (χ3n) is 1.90. The summed E-state index contributed by atoms with van der Waals surface area (Å²) in [5.74, 6) is -1.29. The monoisotopic (exact) mass is 265 g/mol. The van der Waals surface area contributed by atoms with E-state index >= 15 is 0 Å². The quantitative estimate of drug-likeness (QED) is 0.631. The molecule has 0 radical (unpaired) electrons. The second-order valence-electron chi connectivity index (χ2n) is 3.33. The molecule has 0 atom stereocenters. The minimum atomic E-state index is -4.35. The molecule has 7 nitrogen and oxygen atoms in total. The highest BCUT2D eigenvalue weighted by molar-refractivity contribution is 5.75. The molecule has 0 spiro atoms. The molecule has 1 N–H and O–H groups in total. The lowest BCUT2D eigenvalue weighted by Crippen LogP contribution is -2.31. The highest BCUT2D eigenvalue weighted by atomic mass is 19.3. The van der Waals surface area contributed by atoms with Crippen LogP contribution in [0.4, 0.5) is 19.1 Å². The van der Waals surface area contributed by atoms with Gasteiger partial charge in [0.2, 0.25) is 0 Å². The molecule has 0 saturated carbocycles. The van der Waals surface area contributed by atoms with Crippen LogP contribution in [0.2, 0.25) is 0 Å². The van der Waals surface area contributed by atoms with Gasteiger partial charge in [0.05, 0.1) is 6.42 Å². The third-order valence-corrected chi connectivity index (χ3v) is 1.90. The van der Waals surface area contributed by atoms with E-state index < -0.39 is 42.5 Å². The standard InChI is InChI=1S/C8H9F3N4O3/c9-8(10,11)1-2-12-6(16)5-14-4-3-13-7(14)15(17)18/h3-4H,1-2,5H2,(H,12,16)/i9-1.